The second-order valence-corrected chi connectivity index (χ2v) is 6.96. The van der Waals surface area contributed by atoms with Gasteiger partial charge in [0, 0.05) is 11.4 Å². The normalized spacial score (nSPS) is 27.0. The number of nitrogens with one attached hydrogen (secondary N) is 1. The lowest BCUT2D eigenvalue weighted by molar-refractivity contribution is -0.151. The average molecular weight is 310 g/mol. The molecular weight excluding hydrogens is 288 g/mol. The molecule has 2 rings (SSSR count). The molecule has 21 heavy (non-hydrogen) atoms. The lowest BCUT2D eigenvalue weighted by Crippen LogP contribution is -2.47. The molecule has 0 radical (unpaired) electrons. The molecule has 6 heteroatoms. The minimum Gasteiger partial charge on any atom is -0.481 e. The zero-order chi connectivity index (χ0) is 15.5. The summed E-state index contributed by atoms with van der Waals surface area (Å²) >= 11 is 1.42. The predicted molar refractivity (Wildman–Crippen MR) is 82.0 cm³/mol. The Balaban J connectivity index is 1.96. The van der Waals surface area contributed by atoms with Crippen molar-refractivity contribution < 1.29 is 14.7 Å². The maximum absolute atomic E-state index is 12.1. The van der Waals surface area contributed by atoms with E-state index in [1.165, 1.54) is 11.3 Å². The van der Waals surface area contributed by atoms with Gasteiger partial charge in [0.15, 0.2) is 0 Å². The second kappa shape index (κ2) is 6.58. The van der Waals surface area contributed by atoms with Crippen molar-refractivity contribution in [3.8, 4) is 0 Å². The highest BCUT2D eigenvalue weighted by atomic mass is 32.1. The fourth-order valence-electron chi connectivity index (χ4n) is 2.74. The summed E-state index contributed by atoms with van der Waals surface area (Å²) in [6.45, 7) is 2.30. The van der Waals surface area contributed by atoms with Crippen molar-refractivity contribution in [1.29, 1.82) is 0 Å². The lowest BCUT2D eigenvalue weighted by atomic mass is 9.71. The molecule has 1 amide bonds. The van der Waals surface area contributed by atoms with E-state index in [0.29, 0.717) is 18.8 Å². The number of hydrogen-bond donors (Lipinski definition) is 3. The minimum atomic E-state index is -0.836. The summed E-state index contributed by atoms with van der Waals surface area (Å²) in [6, 6.07) is 2.93. The van der Waals surface area contributed by atoms with Crippen molar-refractivity contribution in [3.63, 3.8) is 0 Å². The van der Waals surface area contributed by atoms with Gasteiger partial charge >= 0.3 is 5.97 Å². The van der Waals surface area contributed by atoms with E-state index in [1.807, 2.05) is 17.5 Å². The lowest BCUT2D eigenvalue weighted by Gasteiger charge is -2.36. The molecule has 1 aliphatic rings. The fourth-order valence-corrected chi connectivity index (χ4v) is 3.47. The van der Waals surface area contributed by atoms with E-state index in [-0.39, 0.29) is 12.5 Å². The first-order valence-corrected chi connectivity index (χ1v) is 8.13. The molecule has 1 unspecified atom stereocenters. The Morgan fingerprint density at radius 2 is 2.19 bits per heavy atom. The summed E-state index contributed by atoms with van der Waals surface area (Å²) in [5.41, 5.74) is 5.05. The maximum Gasteiger partial charge on any atom is 0.311 e. The highest BCUT2D eigenvalue weighted by molar-refractivity contribution is 7.10. The van der Waals surface area contributed by atoms with E-state index in [2.05, 4.69) is 12.2 Å². The molecule has 1 atom stereocenters. The van der Waals surface area contributed by atoms with Crippen LogP contribution >= 0.6 is 11.3 Å². The summed E-state index contributed by atoms with van der Waals surface area (Å²) in [7, 11) is 0. The van der Waals surface area contributed by atoms with Gasteiger partial charge < -0.3 is 16.2 Å². The van der Waals surface area contributed by atoms with Gasteiger partial charge in [0.2, 0.25) is 5.91 Å². The van der Waals surface area contributed by atoms with Crippen LogP contribution in [0.4, 0.5) is 0 Å². The molecule has 5 nitrogen and oxygen atoms in total. The second-order valence-electron chi connectivity index (χ2n) is 5.98. The Labute approximate surface area is 128 Å². The summed E-state index contributed by atoms with van der Waals surface area (Å²) in [6.07, 6.45) is 2.99. The van der Waals surface area contributed by atoms with Gasteiger partial charge in [-0.05, 0) is 43.0 Å². The summed E-state index contributed by atoms with van der Waals surface area (Å²) in [5, 5.41) is 14.1. The summed E-state index contributed by atoms with van der Waals surface area (Å²) < 4.78 is 0. The maximum atomic E-state index is 12.1. The average Bonchev–Trinajstić information content (AvgIpc) is 2.99. The number of aliphatic carboxylic acids is 1. The van der Waals surface area contributed by atoms with Crippen LogP contribution in [0.15, 0.2) is 17.5 Å². The number of hydrogen-bond acceptors (Lipinski definition) is 4. The largest absolute Gasteiger partial charge is 0.481 e. The van der Waals surface area contributed by atoms with Gasteiger partial charge in [-0.3, -0.25) is 9.59 Å². The van der Waals surface area contributed by atoms with Gasteiger partial charge in [-0.1, -0.05) is 13.0 Å². The SMILES string of the molecule is CC1CCC(CNC(=O)C(N)c2cccs2)(C(=O)O)CC1. The molecule has 1 aliphatic carbocycles. The number of carboxylic acids is 1. The molecule has 0 saturated heterocycles. The van der Waals surface area contributed by atoms with E-state index in [4.69, 9.17) is 5.73 Å². The standard InChI is InChI=1S/C15H22N2O3S/c1-10-4-6-15(7-5-10,14(19)20)9-17-13(18)12(16)11-3-2-8-21-11/h2-3,8,10,12H,4-7,9,16H2,1H3,(H,17,18)(H,19,20). The summed E-state index contributed by atoms with van der Waals surface area (Å²) in [5.74, 6) is -0.572. The Hall–Kier alpha value is -1.40. The number of carbonyl (C=O) groups is 2. The Kier molecular flexibility index (Phi) is 5.00. The van der Waals surface area contributed by atoms with Crippen molar-refractivity contribution in [3.05, 3.63) is 22.4 Å². The third-order valence-corrected chi connectivity index (χ3v) is 5.37. The van der Waals surface area contributed by atoms with Crippen LogP contribution < -0.4 is 11.1 Å². The number of carbonyl (C=O) groups excluding carboxylic acids is 1. The number of nitrogens with two attached hydrogens (primary N) is 1. The topological polar surface area (TPSA) is 92.4 Å². The van der Waals surface area contributed by atoms with E-state index in [1.54, 1.807) is 0 Å². The molecule has 1 saturated carbocycles. The third kappa shape index (κ3) is 3.63. The molecule has 1 fully saturated rings. The Bertz CT molecular complexity index is 493. The molecule has 1 aromatic rings. The zero-order valence-corrected chi connectivity index (χ0v) is 13.0. The third-order valence-electron chi connectivity index (χ3n) is 4.42. The van der Waals surface area contributed by atoms with Crippen molar-refractivity contribution in [2.75, 3.05) is 6.54 Å². The van der Waals surface area contributed by atoms with Crippen molar-refractivity contribution in [2.45, 2.75) is 38.6 Å². The number of carboxylic acid groups (broad SMARTS) is 1. The number of rotatable bonds is 5. The van der Waals surface area contributed by atoms with E-state index >= 15 is 0 Å². The van der Waals surface area contributed by atoms with Gasteiger partial charge in [-0.15, -0.1) is 11.3 Å². The van der Waals surface area contributed by atoms with E-state index in [9.17, 15) is 14.7 Å². The van der Waals surface area contributed by atoms with Crippen LogP contribution in [0.25, 0.3) is 0 Å². The number of thiophene rings is 1. The van der Waals surface area contributed by atoms with E-state index in [0.717, 1.165) is 17.7 Å². The first-order chi connectivity index (χ1) is 9.94. The zero-order valence-electron chi connectivity index (χ0n) is 12.2. The highest BCUT2D eigenvalue weighted by Crippen LogP contribution is 2.38. The van der Waals surface area contributed by atoms with Crippen LogP contribution in [0.3, 0.4) is 0 Å². The molecule has 1 heterocycles. The van der Waals surface area contributed by atoms with Gasteiger partial charge in [0.05, 0.1) is 5.41 Å². The van der Waals surface area contributed by atoms with Crippen LogP contribution in [-0.2, 0) is 9.59 Å². The van der Waals surface area contributed by atoms with Crippen molar-refractivity contribution >= 4 is 23.2 Å². The first kappa shape index (κ1) is 16.0. The van der Waals surface area contributed by atoms with Gasteiger partial charge in [0.1, 0.15) is 6.04 Å². The van der Waals surface area contributed by atoms with E-state index < -0.39 is 17.4 Å². The number of amides is 1. The van der Waals surface area contributed by atoms with Crippen LogP contribution in [0.2, 0.25) is 0 Å². The predicted octanol–water partition coefficient (Wildman–Crippen LogP) is 2.15. The molecule has 0 aliphatic heterocycles. The van der Waals surface area contributed by atoms with Gasteiger partial charge in [0.25, 0.3) is 0 Å². The Morgan fingerprint density at radius 1 is 1.52 bits per heavy atom. The van der Waals surface area contributed by atoms with Crippen LogP contribution in [0.1, 0.15) is 43.5 Å². The molecular formula is C15H22N2O3S. The smallest absolute Gasteiger partial charge is 0.311 e. The molecule has 1 aromatic heterocycles. The quantitative estimate of drug-likeness (QED) is 0.777. The summed E-state index contributed by atoms with van der Waals surface area (Å²) in [4.78, 5) is 24.5. The molecule has 116 valence electrons. The fraction of sp³-hybridized carbons (Fsp3) is 0.600. The molecule has 0 bridgehead atoms. The van der Waals surface area contributed by atoms with Crippen LogP contribution in [0.5, 0.6) is 0 Å². The van der Waals surface area contributed by atoms with Gasteiger partial charge in [-0.25, -0.2) is 0 Å². The molecule has 0 aromatic carbocycles. The molecule has 4 N–H and O–H groups in total. The van der Waals surface area contributed by atoms with Crippen LogP contribution in [0, 0.1) is 11.3 Å². The van der Waals surface area contributed by atoms with Crippen LogP contribution in [-0.4, -0.2) is 23.5 Å². The molecule has 0 spiro atoms. The van der Waals surface area contributed by atoms with Crippen molar-refractivity contribution in [1.82, 2.24) is 5.32 Å². The minimum absolute atomic E-state index is 0.160. The van der Waals surface area contributed by atoms with Crippen molar-refractivity contribution in [2.24, 2.45) is 17.1 Å². The Morgan fingerprint density at radius 3 is 2.71 bits per heavy atom. The van der Waals surface area contributed by atoms with Gasteiger partial charge in [-0.2, -0.15) is 0 Å². The first-order valence-electron chi connectivity index (χ1n) is 7.25. The monoisotopic (exact) mass is 310 g/mol. The highest BCUT2D eigenvalue weighted by Gasteiger charge is 2.41.